The van der Waals surface area contributed by atoms with Crippen molar-refractivity contribution < 1.29 is 37.1 Å². The van der Waals surface area contributed by atoms with Crippen LogP contribution in [0, 0.1) is 5.82 Å². The van der Waals surface area contributed by atoms with Crippen molar-refractivity contribution in [1.82, 2.24) is 44.6 Å². The van der Waals surface area contributed by atoms with E-state index in [4.69, 9.17) is 5.73 Å². The van der Waals surface area contributed by atoms with Gasteiger partial charge in [0.05, 0.1) is 45.6 Å². The molecule has 5 aromatic rings. The summed E-state index contributed by atoms with van der Waals surface area (Å²) in [5.74, 6) is -5.49. The van der Waals surface area contributed by atoms with Gasteiger partial charge in [0.1, 0.15) is 23.4 Å². The third-order valence-corrected chi connectivity index (χ3v) is 12.3. The van der Waals surface area contributed by atoms with E-state index in [-0.39, 0.29) is 59.5 Å². The summed E-state index contributed by atoms with van der Waals surface area (Å²) >= 11 is 0.102. The van der Waals surface area contributed by atoms with Crippen LogP contribution in [-0.4, -0.2) is 120 Å². The number of aryl methyl sites for hydroxylation is 1. The standard InChI is InChI=1S/C40H39F3N12O5S/c1-50-34-25(19-45-35(44)32(34)33(48-50)21-5-6-27(26(41)17-21)49-61-39(42)43)22-18-46-54(20-22)23-9-11-52(12-10-23)40(60)53-15-13-51(14-16-53)28-4-2-3-24-31(28)38(59)55(37(24)58)29-7-8-30(56)47-36(29)57/h2-6,17-20,23,29,39,49H,7-16H2,1H3,(H2,44,45)(H,47,56,57). The zero-order chi connectivity index (χ0) is 42.7. The first kappa shape index (κ1) is 39.8. The second kappa shape index (κ2) is 15.8. The Bertz CT molecular complexity index is 2620. The van der Waals surface area contributed by atoms with Crippen molar-refractivity contribution in [2.45, 2.75) is 43.5 Å². The molecule has 0 spiro atoms. The monoisotopic (exact) mass is 856 g/mol. The molecule has 2 aromatic carbocycles. The maximum Gasteiger partial charge on any atom is 0.320 e. The molecule has 3 saturated heterocycles. The highest BCUT2D eigenvalue weighted by atomic mass is 32.2. The minimum Gasteiger partial charge on any atom is -0.383 e. The smallest absolute Gasteiger partial charge is 0.320 e. The molecule has 7 heterocycles. The van der Waals surface area contributed by atoms with E-state index in [9.17, 15) is 37.1 Å². The number of hydrogen-bond acceptors (Lipinski definition) is 12. The molecule has 1 unspecified atom stereocenters. The summed E-state index contributed by atoms with van der Waals surface area (Å²) in [5.41, 5.74) is 10.2. The SMILES string of the molecule is Cn1nc(-c2ccc(NSC(F)F)c(F)c2)c2c(N)ncc(-c3cnn(C4CCN(C(=O)N5CCN(c6cccc7c6C(=O)N(C6CCC(=O)NC6=O)C7=O)CC5)CC4)c3)c21. The Morgan fingerprint density at radius 3 is 2.41 bits per heavy atom. The maximum atomic E-state index is 14.9. The molecule has 4 aliphatic rings. The zero-order valence-electron chi connectivity index (χ0n) is 32.7. The Morgan fingerprint density at radius 2 is 1.69 bits per heavy atom. The molecular weight excluding hydrogens is 818 g/mol. The summed E-state index contributed by atoms with van der Waals surface area (Å²) in [5, 5.41) is 12.0. The van der Waals surface area contributed by atoms with Gasteiger partial charge in [-0.25, -0.2) is 14.2 Å². The second-order valence-electron chi connectivity index (χ2n) is 15.3. The highest BCUT2D eigenvalue weighted by molar-refractivity contribution is 8.00. The molecule has 0 saturated carbocycles. The fourth-order valence-corrected chi connectivity index (χ4v) is 9.08. The van der Waals surface area contributed by atoms with Crippen molar-refractivity contribution >= 4 is 69.7 Å². The van der Waals surface area contributed by atoms with Crippen molar-refractivity contribution in [1.29, 1.82) is 0 Å². The molecular formula is C40H39F3N12O5S. The molecule has 3 fully saturated rings. The lowest BCUT2D eigenvalue weighted by atomic mass is 10.0. The first-order valence-corrected chi connectivity index (χ1v) is 20.5. The number of benzene rings is 2. The number of pyridine rings is 1. The maximum absolute atomic E-state index is 14.9. The van der Waals surface area contributed by atoms with Gasteiger partial charge in [0.15, 0.2) is 0 Å². The van der Waals surface area contributed by atoms with E-state index in [1.54, 1.807) is 53.3 Å². The fraction of sp³-hybridized carbons (Fsp3) is 0.350. The number of imide groups is 2. The van der Waals surface area contributed by atoms with Crippen molar-refractivity contribution in [3.8, 4) is 22.4 Å². The van der Waals surface area contributed by atoms with Crippen LogP contribution in [0.15, 0.2) is 55.0 Å². The van der Waals surface area contributed by atoms with Gasteiger partial charge in [-0.2, -0.15) is 19.0 Å². The van der Waals surface area contributed by atoms with E-state index in [0.29, 0.717) is 85.5 Å². The summed E-state index contributed by atoms with van der Waals surface area (Å²) in [7, 11) is 1.74. The minimum absolute atomic E-state index is 0.0208. The Hall–Kier alpha value is -6.64. The topological polar surface area (TPSA) is 197 Å². The lowest BCUT2D eigenvalue weighted by Crippen LogP contribution is -2.55. The second-order valence-corrected chi connectivity index (χ2v) is 16.1. The van der Waals surface area contributed by atoms with Crippen LogP contribution in [0.5, 0.6) is 0 Å². The van der Waals surface area contributed by atoms with Gasteiger partial charge in [0.25, 0.3) is 11.8 Å². The predicted octanol–water partition coefficient (Wildman–Crippen LogP) is 4.48. The van der Waals surface area contributed by atoms with Crippen LogP contribution in [0.1, 0.15) is 52.4 Å². The molecule has 0 bridgehead atoms. The van der Waals surface area contributed by atoms with Crippen LogP contribution in [0.3, 0.4) is 0 Å². The summed E-state index contributed by atoms with van der Waals surface area (Å²) in [6.45, 7) is 2.71. The number of likely N-dealkylation sites (tertiary alicyclic amines) is 1. The van der Waals surface area contributed by atoms with Crippen LogP contribution < -0.4 is 20.7 Å². The van der Waals surface area contributed by atoms with Gasteiger partial charge >= 0.3 is 11.8 Å². The van der Waals surface area contributed by atoms with E-state index in [2.05, 4.69) is 25.2 Å². The number of carbonyl (C=O) groups is 5. The number of carbonyl (C=O) groups excluding carboxylic acids is 5. The molecule has 0 aliphatic carbocycles. The molecule has 21 heteroatoms. The molecule has 0 radical (unpaired) electrons. The molecule has 1 atom stereocenters. The predicted molar refractivity (Wildman–Crippen MR) is 219 cm³/mol. The van der Waals surface area contributed by atoms with Gasteiger partial charge in [-0.3, -0.25) is 38.8 Å². The van der Waals surface area contributed by atoms with E-state index in [0.717, 1.165) is 10.5 Å². The van der Waals surface area contributed by atoms with E-state index >= 15 is 0 Å². The molecule has 316 valence electrons. The molecule has 3 aromatic heterocycles. The Balaban J connectivity index is 0.833. The van der Waals surface area contributed by atoms with Gasteiger partial charge in [0.2, 0.25) is 11.8 Å². The Kier molecular flexibility index (Phi) is 10.3. The summed E-state index contributed by atoms with van der Waals surface area (Å²) < 4.78 is 46.1. The number of halogens is 3. The number of urea groups is 1. The summed E-state index contributed by atoms with van der Waals surface area (Å²) in [4.78, 5) is 76.0. The average molecular weight is 857 g/mol. The van der Waals surface area contributed by atoms with Crippen LogP contribution in [-0.2, 0) is 16.6 Å². The fourth-order valence-electron chi connectivity index (χ4n) is 8.70. The number of amides is 6. The largest absolute Gasteiger partial charge is 0.383 e. The molecule has 9 rings (SSSR count). The van der Waals surface area contributed by atoms with Crippen molar-refractivity contribution in [3.63, 3.8) is 0 Å². The van der Waals surface area contributed by atoms with E-state index in [1.165, 1.54) is 12.1 Å². The normalized spacial score (nSPS) is 18.7. The molecule has 61 heavy (non-hydrogen) atoms. The zero-order valence-corrected chi connectivity index (χ0v) is 33.5. The van der Waals surface area contributed by atoms with E-state index in [1.807, 2.05) is 20.7 Å². The summed E-state index contributed by atoms with van der Waals surface area (Å²) in [6.07, 6.45) is 6.73. The van der Waals surface area contributed by atoms with Gasteiger partial charge in [-0.15, -0.1) is 0 Å². The minimum atomic E-state index is -2.72. The lowest BCUT2D eigenvalue weighted by molar-refractivity contribution is -0.136. The van der Waals surface area contributed by atoms with Gasteiger partial charge in [0, 0.05) is 93.8 Å². The highest BCUT2D eigenvalue weighted by Gasteiger charge is 2.46. The number of rotatable bonds is 8. The number of alkyl halides is 2. The van der Waals surface area contributed by atoms with E-state index < -0.39 is 41.2 Å². The lowest BCUT2D eigenvalue weighted by Gasteiger charge is -2.40. The number of piperazine rings is 1. The van der Waals surface area contributed by atoms with Crippen molar-refractivity contribution in [2.24, 2.45) is 7.05 Å². The number of nitrogens with zero attached hydrogens (tertiary/aromatic N) is 9. The molecule has 4 N–H and O–H groups in total. The van der Waals surface area contributed by atoms with Crippen LogP contribution in [0.25, 0.3) is 33.3 Å². The number of aromatic nitrogens is 5. The Morgan fingerprint density at radius 1 is 0.934 bits per heavy atom. The highest BCUT2D eigenvalue weighted by Crippen LogP contribution is 2.39. The third kappa shape index (κ3) is 7.14. The number of anilines is 3. The number of nitrogens with one attached hydrogen (secondary N) is 2. The van der Waals surface area contributed by atoms with Gasteiger partial charge < -0.3 is 25.2 Å². The number of fused-ring (bicyclic) bond motifs is 2. The van der Waals surface area contributed by atoms with Gasteiger partial charge in [-0.1, -0.05) is 12.1 Å². The van der Waals surface area contributed by atoms with Crippen molar-refractivity contribution in [3.05, 3.63) is 71.9 Å². The third-order valence-electron chi connectivity index (χ3n) is 11.8. The molecule has 6 amide bonds. The quantitative estimate of drug-likeness (QED) is 0.146. The number of piperidine rings is 2. The first-order valence-electron chi connectivity index (χ1n) is 19.7. The Labute approximate surface area is 350 Å². The van der Waals surface area contributed by atoms with Crippen molar-refractivity contribution in [2.75, 3.05) is 54.6 Å². The number of hydrogen-bond donors (Lipinski definition) is 3. The molecule has 17 nitrogen and oxygen atoms in total. The van der Waals surface area contributed by atoms with Gasteiger partial charge in [-0.05, 0) is 43.5 Å². The molecule has 4 aliphatic heterocycles. The average Bonchev–Trinajstić information content (AvgIpc) is 3.96. The van der Waals surface area contributed by atoms with Crippen LogP contribution in [0.4, 0.5) is 35.2 Å². The van der Waals surface area contributed by atoms with Crippen LogP contribution in [0.2, 0.25) is 0 Å². The van der Waals surface area contributed by atoms with Crippen LogP contribution >= 0.6 is 11.9 Å². The first-order chi connectivity index (χ1) is 29.4. The number of nitrogens with two attached hydrogens (primary N) is 1. The summed E-state index contributed by atoms with van der Waals surface area (Å²) in [6, 6.07) is 8.08. The number of nitrogen functional groups attached to an aromatic ring is 1.